The summed E-state index contributed by atoms with van der Waals surface area (Å²) in [6, 6.07) is 15.9. The summed E-state index contributed by atoms with van der Waals surface area (Å²) in [6.07, 6.45) is -2.78. The van der Waals surface area contributed by atoms with E-state index in [1.54, 1.807) is 0 Å². The Morgan fingerprint density at radius 3 is 1.16 bits per heavy atom. The Morgan fingerprint density at radius 1 is 0.541 bits per heavy atom. The topological polar surface area (TPSA) is 60.7 Å². The van der Waals surface area contributed by atoms with E-state index >= 15 is 0 Å². The van der Waals surface area contributed by atoms with E-state index in [0.717, 1.165) is 0 Å². The van der Waals surface area contributed by atoms with Gasteiger partial charge in [0.1, 0.15) is 28.4 Å². The van der Waals surface area contributed by atoms with Gasteiger partial charge in [-0.3, -0.25) is 0 Å². The molecule has 9 heteroatoms. The molecular formula is C28H28Cl3F3O3. The maximum atomic E-state index is 13.5. The summed E-state index contributed by atoms with van der Waals surface area (Å²) in [6.45, 7) is 0. The minimum atomic E-state index is -1.67. The van der Waals surface area contributed by atoms with Gasteiger partial charge in [0, 0.05) is 0 Å². The van der Waals surface area contributed by atoms with Crippen molar-refractivity contribution < 1.29 is 28.5 Å². The van der Waals surface area contributed by atoms with Crippen LogP contribution in [0.5, 0.6) is 0 Å². The number of halogens is 6. The van der Waals surface area contributed by atoms with Crippen molar-refractivity contribution in [2.45, 2.75) is 59.6 Å². The molecule has 6 atom stereocenters. The molecule has 3 nitrogen and oxygen atoms in total. The van der Waals surface area contributed by atoms with Crippen molar-refractivity contribution in [3.8, 4) is 0 Å². The lowest BCUT2D eigenvalue weighted by Crippen LogP contribution is -2.47. The number of aliphatic hydroxyl groups excluding tert-OH is 3. The Kier molecular flexibility index (Phi) is 10.7. The molecule has 0 bridgehead atoms. The first kappa shape index (κ1) is 29.8. The SMILES string of the molecule is OC(CCC(Cl)C(Cl)(C(O)c1ccc(F)cc1)[C@H](Cl)CCC(O)c1ccc(F)cc1)c1ccc(F)cc1. The van der Waals surface area contributed by atoms with Crippen LogP contribution < -0.4 is 0 Å². The maximum Gasteiger partial charge on any atom is 0.123 e. The lowest BCUT2D eigenvalue weighted by molar-refractivity contribution is 0.104. The summed E-state index contributed by atoms with van der Waals surface area (Å²) in [4.78, 5) is -1.67. The third kappa shape index (κ3) is 7.62. The fraction of sp³-hybridized carbons (Fsp3) is 0.357. The first-order valence-electron chi connectivity index (χ1n) is 11.8. The fourth-order valence-electron chi connectivity index (χ4n) is 4.19. The molecule has 0 aliphatic rings. The molecule has 0 heterocycles. The Bertz CT molecular complexity index is 1050. The lowest BCUT2D eigenvalue weighted by Gasteiger charge is -2.40. The summed E-state index contributed by atoms with van der Waals surface area (Å²) >= 11 is 20.5. The van der Waals surface area contributed by atoms with Gasteiger partial charge in [0.15, 0.2) is 0 Å². The van der Waals surface area contributed by atoms with Gasteiger partial charge in [0.25, 0.3) is 0 Å². The molecule has 5 unspecified atom stereocenters. The van der Waals surface area contributed by atoms with Crippen molar-refractivity contribution in [3.05, 3.63) is 107 Å². The first-order valence-corrected chi connectivity index (χ1v) is 13.0. The molecule has 0 aliphatic heterocycles. The average Bonchev–Trinajstić information content (AvgIpc) is 2.90. The molecule has 3 aromatic carbocycles. The summed E-state index contributed by atoms with van der Waals surface area (Å²) in [7, 11) is 0. The molecule has 200 valence electrons. The summed E-state index contributed by atoms with van der Waals surface area (Å²) < 4.78 is 39.9. The van der Waals surface area contributed by atoms with E-state index in [2.05, 4.69) is 0 Å². The van der Waals surface area contributed by atoms with E-state index in [-0.39, 0.29) is 25.7 Å². The Hall–Kier alpha value is -1.80. The second kappa shape index (κ2) is 13.3. The maximum absolute atomic E-state index is 13.5. The molecule has 3 N–H and O–H groups in total. The van der Waals surface area contributed by atoms with Gasteiger partial charge < -0.3 is 15.3 Å². The van der Waals surface area contributed by atoms with Gasteiger partial charge in [-0.25, -0.2) is 13.2 Å². The normalized spacial score (nSPS) is 17.4. The van der Waals surface area contributed by atoms with E-state index in [1.165, 1.54) is 72.8 Å². The molecule has 37 heavy (non-hydrogen) atoms. The van der Waals surface area contributed by atoms with Gasteiger partial charge in [-0.1, -0.05) is 36.4 Å². The van der Waals surface area contributed by atoms with E-state index in [9.17, 15) is 28.5 Å². The minimum absolute atomic E-state index is 0.131. The molecule has 0 aromatic heterocycles. The summed E-state index contributed by atoms with van der Waals surface area (Å²) in [5.74, 6) is -1.35. The molecule has 0 radical (unpaired) electrons. The average molecular weight is 576 g/mol. The van der Waals surface area contributed by atoms with Gasteiger partial charge in [0.05, 0.1) is 23.0 Å². The van der Waals surface area contributed by atoms with Crippen LogP contribution in [0.15, 0.2) is 72.8 Å². The number of hydrogen-bond acceptors (Lipinski definition) is 3. The van der Waals surface area contributed by atoms with Crippen molar-refractivity contribution in [1.29, 1.82) is 0 Å². The highest BCUT2D eigenvalue weighted by Crippen LogP contribution is 2.47. The molecule has 3 rings (SSSR count). The largest absolute Gasteiger partial charge is 0.388 e. The van der Waals surface area contributed by atoms with Gasteiger partial charge in [-0.05, 0) is 78.8 Å². The number of hydrogen-bond donors (Lipinski definition) is 3. The van der Waals surface area contributed by atoms with Crippen molar-refractivity contribution >= 4 is 34.8 Å². The van der Waals surface area contributed by atoms with Crippen molar-refractivity contribution in [1.82, 2.24) is 0 Å². The van der Waals surface area contributed by atoms with Crippen molar-refractivity contribution in [3.63, 3.8) is 0 Å². The second-order valence-corrected chi connectivity index (χ2v) is 10.7. The monoisotopic (exact) mass is 574 g/mol. The Labute approximate surface area is 229 Å². The smallest absolute Gasteiger partial charge is 0.123 e. The molecule has 0 aliphatic carbocycles. The van der Waals surface area contributed by atoms with Crippen LogP contribution in [-0.2, 0) is 0 Å². The number of benzene rings is 3. The van der Waals surface area contributed by atoms with E-state index < -0.39 is 51.4 Å². The van der Waals surface area contributed by atoms with Crippen LogP contribution in [0.3, 0.4) is 0 Å². The van der Waals surface area contributed by atoms with Crippen LogP contribution >= 0.6 is 34.8 Å². The number of rotatable bonds is 12. The molecule has 0 amide bonds. The standard InChI is InChI=1S/C28H28Cl3F3O3/c29-25(15-13-23(35)17-1-7-20(32)8-2-17)28(31,27(37)19-5-11-22(34)12-6-19)26(30)16-14-24(36)18-3-9-21(33)10-4-18/h1-12,23-27,35-37H,13-16H2/t23?,24?,25-,26?,27?,28?/m1/s1. The Balaban J connectivity index is 1.77. The van der Waals surface area contributed by atoms with Gasteiger partial charge in [-0.2, -0.15) is 0 Å². The zero-order chi connectivity index (χ0) is 27.2. The van der Waals surface area contributed by atoms with Gasteiger partial charge >= 0.3 is 0 Å². The van der Waals surface area contributed by atoms with Crippen molar-refractivity contribution in [2.75, 3.05) is 0 Å². The van der Waals surface area contributed by atoms with Gasteiger partial charge in [-0.15, -0.1) is 34.8 Å². The predicted molar refractivity (Wildman–Crippen MR) is 140 cm³/mol. The van der Waals surface area contributed by atoms with Crippen LogP contribution in [0.2, 0.25) is 0 Å². The van der Waals surface area contributed by atoms with E-state index in [1.807, 2.05) is 0 Å². The lowest BCUT2D eigenvalue weighted by atomic mass is 9.84. The van der Waals surface area contributed by atoms with Crippen LogP contribution in [0.4, 0.5) is 13.2 Å². The van der Waals surface area contributed by atoms with Gasteiger partial charge in [0.2, 0.25) is 0 Å². The van der Waals surface area contributed by atoms with E-state index in [4.69, 9.17) is 34.8 Å². The zero-order valence-corrected chi connectivity index (χ0v) is 22.0. The van der Waals surface area contributed by atoms with Crippen LogP contribution in [0.25, 0.3) is 0 Å². The fourth-order valence-corrected chi connectivity index (χ4v) is 5.40. The molecule has 3 aromatic rings. The molecular weight excluding hydrogens is 548 g/mol. The highest BCUT2D eigenvalue weighted by Gasteiger charge is 2.49. The number of alkyl halides is 3. The van der Waals surface area contributed by atoms with Crippen molar-refractivity contribution in [2.24, 2.45) is 0 Å². The molecule has 0 spiro atoms. The third-order valence-electron chi connectivity index (χ3n) is 6.46. The first-order chi connectivity index (χ1) is 17.5. The Morgan fingerprint density at radius 2 is 0.838 bits per heavy atom. The second-order valence-electron chi connectivity index (χ2n) is 9.01. The zero-order valence-electron chi connectivity index (χ0n) is 19.8. The minimum Gasteiger partial charge on any atom is -0.388 e. The van der Waals surface area contributed by atoms with E-state index in [0.29, 0.717) is 16.7 Å². The summed E-state index contributed by atoms with van der Waals surface area (Å²) in [5.41, 5.74) is 1.29. The van der Waals surface area contributed by atoms with Crippen LogP contribution in [0.1, 0.15) is 60.7 Å². The highest BCUT2D eigenvalue weighted by atomic mass is 35.5. The summed E-state index contributed by atoms with van der Waals surface area (Å²) in [5, 5.41) is 30.4. The number of aliphatic hydroxyl groups is 3. The third-order valence-corrected chi connectivity index (χ3v) is 8.58. The van der Waals surface area contributed by atoms with Crippen LogP contribution in [-0.4, -0.2) is 30.9 Å². The molecule has 0 saturated carbocycles. The quantitative estimate of drug-likeness (QED) is 0.198. The molecule has 0 saturated heterocycles. The molecule has 0 fully saturated rings. The van der Waals surface area contributed by atoms with Crippen LogP contribution in [0, 0.1) is 17.5 Å². The predicted octanol–water partition coefficient (Wildman–Crippen LogP) is 7.36. The highest BCUT2D eigenvalue weighted by molar-refractivity contribution is 6.38.